The van der Waals surface area contributed by atoms with Crippen LogP contribution < -0.4 is 0 Å². The second-order valence-corrected chi connectivity index (χ2v) is 5.40. The van der Waals surface area contributed by atoms with Crippen LogP contribution in [0.2, 0.25) is 5.02 Å². The van der Waals surface area contributed by atoms with Crippen molar-refractivity contribution in [1.82, 2.24) is 9.97 Å². The molecule has 0 bridgehead atoms. The predicted molar refractivity (Wildman–Crippen MR) is 71.1 cm³/mol. The lowest BCUT2D eigenvalue weighted by Crippen LogP contribution is -2.22. The third-order valence-corrected chi connectivity index (χ3v) is 3.76. The molecule has 0 unspecified atom stereocenters. The summed E-state index contributed by atoms with van der Waals surface area (Å²) in [5, 5.41) is 0.767. The Hall–Kier alpha value is -0.810. The summed E-state index contributed by atoms with van der Waals surface area (Å²) in [5.41, 5.74) is 0.168. The summed E-state index contributed by atoms with van der Waals surface area (Å²) < 4.78 is 5.43. The smallest absolute Gasteiger partial charge is 0.358 e. The number of hydrogen-bond acceptors (Lipinski definition) is 5. The molecule has 1 saturated carbocycles. The van der Waals surface area contributed by atoms with Gasteiger partial charge in [-0.3, -0.25) is 0 Å². The standard InChI is InChI=1S/C12H15ClN2O2S/c1-18-12-14-7-9(13)10(15-12)11(16)17-8-5-3-2-4-6-8/h7-8H,2-6H2,1H3. The Balaban J connectivity index is 2.07. The zero-order valence-electron chi connectivity index (χ0n) is 10.2. The molecule has 0 saturated heterocycles. The highest BCUT2D eigenvalue weighted by Crippen LogP contribution is 2.23. The molecule has 1 aromatic rings. The molecule has 98 valence electrons. The zero-order chi connectivity index (χ0) is 13.0. The fourth-order valence-electron chi connectivity index (χ4n) is 1.98. The van der Waals surface area contributed by atoms with E-state index in [9.17, 15) is 4.79 Å². The molecule has 0 N–H and O–H groups in total. The van der Waals surface area contributed by atoms with E-state index in [1.807, 2.05) is 6.26 Å². The molecule has 2 rings (SSSR count). The number of rotatable bonds is 3. The van der Waals surface area contributed by atoms with Crippen molar-refractivity contribution in [3.63, 3.8) is 0 Å². The maximum absolute atomic E-state index is 12.0. The molecule has 0 spiro atoms. The van der Waals surface area contributed by atoms with Gasteiger partial charge in [0.1, 0.15) is 6.10 Å². The first kappa shape index (κ1) is 13.6. The van der Waals surface area contributed by atoms with E-state index in [2.05, 4.69) is 9.97 Å². The van der Waals surface area contributed by atoms with Crippen LogP contribution in [-0.4, -0.2) is 28.3 Å². The molecule has 0 aliphatic heterocycles. The largest absolute Gasteiger partial charge is 0.458 e. The van der Waals surface area contributed by atoms with Crippen molar-refractivity contribution in [3.8, 4) is 0 Å². The van der Waals surface area contributed by atoms with E-state index in [0.717, 1.165) is 25.7 Å². The number of hydrogen-bond donors (Lipinski definition) is 0. The minimum atomic E-state index is -0.440. The van der Waals surface area contributed by atoms with E-state index < -0.39 is 5.97 Å². The van der Waals surface area contributed by atoms with Gasteiger partial charge >= 0.3 is 5.97 Å². The van der Waals surface area contributed by atoms with Crippen LogP contribution in [0.1, 0.15) is 42.6 Å². The van der Waals surface area contributed by atoms with Gasteiger partial charge in [0.2, 0.25) is 0 Å². The number of halogens is 1. The first-order chi connectivity index (χ1) is 8.70. The summed E-state index contributed by atoms with van der Waals surface area (Å²) in [6.45, 7) is 0. The number of thioether (sulfide) groups is 1. The first-order valence-electron chi connectivity index (χ1n) is 5.98. The van der Waals surface area contributed by atoms with Gasteiger partial charge < -0.3 is 4.74 Å². The lowest BCUT2D eigenvalue weighted by molar-refractivity contribution is 0.0203. The monoisotopic (exact) mass is 286 g/mol. The molecule has 1 aliphatic carbocycles. The Morgan fingerprint density at radius 3 is 2.83 bits per heavy atom. The molecule has 0 radical (unpaired) electrons. The van der Waals surface area contributed by atoms with Gasteiger partial charge in [-0.25, -0.2) is 14.8 Å². The van der Waals surface area contributed by atoms with Crippen molar-refractivity contribution in [3.05, 3.63) is 16.9 Å². The van der Waals surface area contributed by atoms with Gasteiger partial charge in [-0.15, -0.1) is 0 Å². The minimum Gasteiger partial charge on any atom is -0.458 e. The number of carbonyl (C=O) groups excluding carboxylic acids is 1. The maximum Gasteiger partial charge on any atom is 0.358 e. The Morgan fingerprint density at radius 1 is 1.44 bits per heavy atom. The Kier molecular flexibility index (Phi) is 4.83. The van der Waals surface area contributed by atoms with Crippen molar-refractivity contribution in [2.24, 2.45) is 0 Å². The average Bonchev–Trinajstić information content (AvgIpc) is 2.40. The van der Waals surface area contributed by atoms with Crippen LogP contribution in [0.15, 0.2) is 11.4 Å². The zero-order valence-corrected chi connectivity index (χ0v) is 11.8. The second kappa shape index (κ2) is 6.38. The lowest BCUT2D eigenvalue weighted by atomic mass is 9.98. The second-order valence-electron chi connectivity index (χ2n) is 4.22. The molecule has 4 nitrogen and oxygen atoms in total. The Bertz CT molecular complexity index is 436. The van der Waals surface area contributed by atoms with Crippen LogP contribution in [0.5, 0.6) is 0 Å². The van der Waals surface area contributed by atoms with Crippen LogP contribution in [-0.2, 0) is 4.74 Å². The lowest BCUT2D eigenvalue weighted by Gasteiger charge is -2.21. The van der Waals surface area contributed by atoms with Crippen LogP contribution in [0.25, 0.3) is 0 Å². The van der Waals surface area contributed by atoms with Crippen LogP contribution in [0.3, 0.4) is 0 Å². The van der Waals surface area contributed by atoms with Crippen molar-refractivity contribution in [1.29, 1.82) is 0 Å². The van der Waals surface area contributed by atoms with Gasteiger partial charge in [-0.1, -0.05) is 29.8 Å². The molecule has 1 heterocycles. The summed E-state index contributed by atoms with van der Waals surface area (Å²) in [4.78, 5) is 20.1. The Morgan fingerprint density at radius 2 is 2.17 bits per heavy atom. The highest BCUT2D eigenvalue weighted by atomic mass is 35.5. The number of carbonyl (C=O) groups is 1. The summed E-state index contributed by atoms with van der Waals surface area (Å²) in [6.07, 6.45) is 8.62. The fraction of sp³-hybridized carbons (Fsp3) is 0.583. The molecule has 1 aliphatic rings. The van der Waals surface area contributed by atoms with Gasteiger partial charge in [0, 0.05) is 0 Å². The topological polar surface area (TPSA) is 52.1 Å². The van der Waals surface area contributed by atoms with Gasteiger partial charge in [0.25, 0.3) is 0 Å². The highest BCUT2D eigenvalue weighted by molar-refractivity contribution is 7.98. The van der Waals surface area contributed by atoms with Crippen LogP contribution in [0, 0.1) is 0 Å². The van der Waals surface area contributed by atoms with Crippen molar-refractivity contribution < 1.29 is 9.53 Å². The van der Waals surface area contributed by atoms with Gasteiger partial charge in [0.15, 0.2) is 10.9 Å². The Labute approximate surface area is 115 Å². The normalized spacial score (nSPS) is 16.6. The number of nitrogens with zero attached hydrogens (tertiary/aromatic N) is 2. The van der Waals surface area contributed by atoms with Gasteiger partial charge in [-0.05, 0) is 31.9 Å². The van der Waals surface area contributed by atoms with Crippen molar-refractivity contribution >= 4 is 29.3 Å². The summed E-state index contributed by atoms with van der Waals surface area (Å²) in [6, 6.07) is 0. The van der Waals surface area contributed by atoms with E-state index >= 15 is 0 Å². The van der Waals surface area contributed by atoms with E-state index in [-0.39, 0.29) is 16.8 Å². The molecular formula is C12H15ClN2O2S. The first-order valence-corrected chi connectivity index (χ1v) is 7.58. The van der Waals surface area contributed by atoms with Crippen molar-refractivity contribution in [2.75, 3.05) is 6.26 Å². The maximum atomic E-state index is 12.0. The molecular weight excluding hydrogens is 272 g/mol. The van der Waals surface area contributed by atoms with Crippen LogP contribution >= 0.6 is 23.4 Å². The van der Waals surface area contributed by atoms with E-state index in [0.29, 0.717) is 5.16 Å². The van der Waals surface area contributed by atoms with E-state index in [4.69, 9.17) is 16.3 Å². The molecule has 0 aromatic carbocycles. The SMILES string of the molecule is CSc1ncc(Cl)c(C(=O)OC2CCCCC2)n1. The van der Waals surface area contributed by atoms with E-state index in [1.165, 1.54) is 24.4 Å². The van der Waals surface area contributed by atoms with Gasteiger partial charge in [0.05, 0.1) is 11.2 Å². The molecule has 18 heavy (non-hydrogen) atoms. The van der Waals surface area contributed by atoms with E-state index in [1.54, 1.807) is 0 Å². The third-order valence-electron chi connectivity index (χ3n) is 2.92. The number of ether oxygens (including phenoxy) is 1. The minimum absolute atomic E-state index is 0.00927. The average molecular weight is 287 g/mol. The summed E-state index contributed by atoms with van der Waals surface area (Å²) in [7, 11) is 0. The quantitative estimate of drug-likeness (QED) is 0.484. The van der Waals surface area contributed by atoms with Crippen LogP contribution in [0.4, 0.5) is 0 Å². The van der Waals surface area contributed by atoms with Crippen molar-refractivity contribution in [2.45, 2.75) is 43.4 Å². The summed E-state index contributed by atoms with van der Waals surface area (Å²) >= 11 is 7.30. The molecule has 1 fully saturated rings. The third kappa shape index (κ3) is 3.36. The molecule has 0 amide bonds. The molecule has 6 heteroatoms. The van der Waals surface area contributed by atoms with Gasteiger partial charge in [-0.2, -0.15) is 0 Å². The molecule has 0 atom stereocenters. The number of aromatic nitrogens is 2. The molecule has 1 aromatic heterocycles. The predicted octanol–water partition coefficient (Wildman–Crippen LogP) is 3.34. The number of esters is 1. The fourth-order valence-corrected chi connectivity index (χ4v) is 2.49. The summed E-state index contributed by atoms with van der Waals surface area (Å²) in [5.74, 6) is -0.440. The highest BCUT2D eigenvalue weighted by Gasteiger charge is 2.22.